The Morgan fingerprint density at radius 3 is 2.50 bits per heavy atom. The lowest BCUT2D eigenvalue weighted by atomic mass is 10.1. The highest BCUT2D eigenvalue weighted by Gasteiger charge is 2.12. The van der Waals surface area contributed by atoms with E-state index < -0.39 is 11.6 Å². The van der Waals surface area contributed by atoms with E-state index in [0.717, 1.165) is 6.07 Å². The second kappa shape index (κ2) is 6.48. The predicted octanol–water partition coefficient (Wildman–Crippen LogP) is 3.81. The van der Waals surface area contributed by atoms with E-state index in [2.05, 4.69) is 0 Å². The van der Waals surface area contributed by atoms with Crippen molar-refractivity contribution < 1.29 is 18.3 Å². The number of ketones is 1. The van der Waals surface area contributed by atoms with Gasteiger partial charge in [-0.05, 0) is 35.9 Å². The normalized spacial score (nSPS) is 10.3. The van der Waals surface area contributed by atoms with Crippen molar-refractivity contribution in [3.8, 4) is 5.75 Å². The Morgan fingerprint density at radius 1 is 1.10 bits per heavy atom. The Morgan fingerprint density at radius 2 is 1.80 bits per heavy atom. The molecule has 104 valence electrons. The Kier molecular flexibility index (Phi) is 4.69. The first-order valence-electron chi connectivity index (χ1n) is 5.89. The van der Waals surface area contributed by atoms with E-state index >= 15 is 0 Å². The molecule has 2 aromatic carbocycles. The topological polar surface area (TPSA) is 26.3 Å². The molecule has 2 aromatic rings. The van der Waals surface area contributed by atoms with Gasteiger partial charge in [0.05, 0.1) is 0 Å². The second-order valence-electron chi connectivity index (χ2n) is 4.17. The maximum absolute atomic E-state index is 13.4. The summed E-state index contributed by atoms with van der Waals surface area (Å²) in [6.45, 7) is -0.211. The molecule has 0 saturated carbocycles. The lowest BCUT2D eigenvalue weighted by Gasteiger charge is -2.06. The summed E-state index contributed by atoms with van der Waals surface area (Å²) >= 11 is 5.71. The van der Waals surface area contributed by atoms with Crippen LogP contribution in [0.2, 0.25) is 5.02 Å². The number of Topliss-reactive ketones (excluding diaryl/α,β-unsaturated/α-hetero) is 1. The van der Waals surface area contributed by atoms with Crippen molar-refractivity contribution in [2.24, 2.45) is 0 Å². The van der Waals surface area contributed by atoms with E-state index in [1.165, 1.54) is 12.1 Å². The highest BCUT2D eigenvalue weighted by Crippen LogP contribution is 2.16. The average molecular weight is 297 g/mol. The van der Waals surface area contributed by atoms with E-state index in [9.17, 15) is 13.6 Å². The highest BCUT2D eigenvalue weighted by molar-refractivity contribution is 6.30. The van der Waals surface area contributed by atoms with E-state index in [-0.39, 0.29) is 24.4 Å². The van der Waals surface area contributed by atoms with Crippen LogP contribution in [0, 0.1) is 11.6 Å². The SMILES string of the molecule is O=C(COc1ccc(Cl)cc1)Cc1cccc(F)c1F. The first-order valence-corrected chi connectivity index (χ1v) is 6.27. The van der Waals surface area contributed by atoms with Crippen molar-refractivity contribution in [3.05, 3.63) is 64.7 Å². The third-order valence-electron chi connectivity index (χ3n) is 2.63. The molecule has 0 aliphatic rings. The molecular weight excluding hydrogens is 286 g/mol. The smallest absolute Gasteiger partial charge is 0.174 e. The monoisotopic (exact) mass is 296 g/mol. The van der Waals surface area contributed by atoms with Gasteiger partial charge in [0.15, 0.2) is 17.4 Å². The van der Waals surface area contributed by atoms with Crippen LogP contribution in [0.25, 0.3) is 0 Å². The number of rotatable bonds is 5. The van der Waals surface area contributed by atoms with Gasteiger partial charge >= 0.3 is 0 Å². The Labute approximate surface area is 119 Å². The maximum atomic E-state index is 13.4. The van der Waals surface area contributed by atoms with Gasteiger partial charge in [0, 0.05) is 11.4 Å². The zero-order valence-corrected chi connectivity index (χ0v) is 11.2. The van der Waals surface area contributed by atoms with Gasteiger partial charge in [0.2, 0.25) is 0 Å². The Balaban J connectivity index is 1.92. The largest absolute Gasteiger partial charge is 0.486 e. The van der Waals surface area contributed by atoms with Crippen molar-refractivity contribution in [1.29, 1.82) is 0 Å². The van der Waals surface area contributed by atoms with Crippen LogP contribution in [0.4, 0.5) is 8.78 Å². The predicted molar refractivity (Wildman–Crippen MR) is 72.0 cm³/mol. The zero-order chi connectivity index (χ0) is 14.5. The molecule has 0 atom stereocenters. The maximum Gasteiger partial charge on any atom is 0.174 e. The minimum absolute atomic E-state index is 0.0229. The Hall–Kier alpha value is -1.94. The molecule has 0 amide bonds. The first-order chi connectivity index (χ1) is 9.56. The third kappa shape index (κ3) is 3.78. The summed E-state index contributed by atoms with van der Waals surface area (Å²) in [6.07, 6.45) is -0.211. The lowest BCUT2D eigenvalue weighted by molar-refractivity contribution is -0.120. The summed E-state index contributed by atoms with van der Waals surface area (Å²) in [5.41, 5.74) is 0.0229. The van der Waals surface area contributed by atoms with Crippen LogP contribution in [0.15, 0.2) is 42.5 Å². The van der Waals surface area contributed by atoms with Gasteiger partial charge in [-0.2, -0.15) is 0 Å². The summed E-state index contributed by atoms with van der Waals surface area (Å²) in [4.78, 5) is 11.7. The molecule has 0 heterocycles. The number of benzene rings is 2. The van der Waals surface area contributed by atoms with Crippen LogP contribution in [-0.4, -0.2) is 12.4 Å². The van der Waals surface area contributed by atoms with E-state index in [4.69, 9.17) is 16.3 Å². The van der Waals surface area contributed by atoms with Crippen LogP contribution in [-0.2, 0) is 11.2 Å². The molecule has 0 bridgehead atoms. The van der Waals surface area contributed by atoms with Crippen LogP contribution >= 0.6 is 11.6 Å². The first kappa shape index (κ1) is 14.5. The molecule has 0 radical (unpaired) electrons. The number of halogens is 3. The summed E-state index contributed by atoms with van der Waals surface area (Å²) in [6, 6.07) is 10.3. The van der Waals surface area contributed by atoms with Crippen molar-refractivity contribution in [3.63, 3.8) is 0 Å². The zero-order valence-electron chi connectivity index (χ0n) is 10.4. The van der Waals surface area contributed by atoms with Gasteiger partial charge in [0.1, 0.15) is 12.4 Å². The molecule has 0 aromatic heterocycles. The molecule has 0 saturated heterocycles. The molecule has 0 aliphatic carbocycles. The summed E-state index contributed by atoms with van der Waals surface area (Å²) in [5.74, 6) is -1.81. The molecule has 0 N–H and O–H groups in total. The van der Waals surface area contributed by atoms with Crippen LogP contribution < -0.4 is 4.74 Å². The minimum atomic E-state index is -0.993. The molecular formula is C15H11ClF2O2. The van der Waals surface area contributed by atoms with Crippen molar-refractivity contribution in [2.75, 3.05) is 6.61 Å². The average Bonchev–Trinajstić information content (AvgIpc) is 2.43. The highest BCUT2D eigenvalue weighted by atomic mass is 35.5. The molecule has 0 unspecified atom stereocenters. The number of ether oxygens (including phenoxy) is 1. The number of carbonyl (C=O) groups is 1. The fourth-order valence-corrected chi connectivity index (χ4v) is 1.77. The summed E-state index contributed by atoms with van der Waals surface area (Å²) in [5, 5.41) is 0.561. The third-order valence-corrected chi connectivity index (χ3v) is 2.88. The Bertz CT molecular complexity index is 612. The van der Waals surface area contributed by atoms with Gasteiger partial charge in [-0.3, -0.25) is 4.79 Å². The van der Waals surface area contributed by atoms with Crippen molar-refractivity contribution in [2.45, 2.75) is 6.42 Å². The fourth-order valence-electron chi connectivity index (χ4n) is 1.64. The van der Waals surface area contributed by atoms with Gasteiger partial charge in [-0.15, -0.1) is 0 Å². The molecule has 20 heavy (non-hydrogen) atoms. The van der Waals surface area contributed by atoms with Gasteiger partial charge in [-0.1, -0.05) is 23.7 Å². The van der Waals surface area contributed by atoms with E-state index in [0.29, 0.717) is 10.8 Å². The van der Waals surface area contributed by atoms with Crippen LogP contribution in [0.1, 0.15) is 5.56 Å². The number of hydrogen-bond donors (Lipinski definition) is 0. The molecule has 2 nitrogen and oxygen atoms in total. The molecule has 2 rings (SSSR count). The van der Waals surface area contributed by atoms with Crippen LogP contribution in [0.5, 0.6) is 5.75 Å². The van der Waals surface area contributed by atoms with E-state index in [1.807, 2.05) is 0 Å². The molecule has 0 aliphatic heterocycles. The quantitative estimate of drug-likeness (QED) is 0.838. The van der Waals surface area contributed by atoms with Gasteiger partial charge in [-0.25, -0.2) is 8.78 Å². The molecule has 5 heteroatoms. The minimum Gasteiger partial charge on any atom is -0.486 e. The summed E-state index contributed by atoms with van der Waals surface area (Å²) in [7, 11) is 0. The van der Waals surface area contributed by atoms with Gasteiger partial charge in [0.25, 0.3) is 0 Å². The van der Waals surface area contributed by atoms with Crippen molar-refractivity contribution in [1.82, 2.24) is 0 Å². The standard InChI is InChI=1S/C15H11ClF2O2/c16-11-4-6-13(7-5-11)20-9-12(19)8-10-2-1-3-14(17)15(10)18/h1-7H,8-9H2. The van der Waals surface area contributed by atoms with E-state index in [1.54, 1.807) is 24.3 Å². The van der Waals surface area contributed by atoms with Crippen molar-refractivity contribution >= 4 is 17.4 Å². The molecule has 0 fully saturated rings. The van der Waals surface area contributed by atoms with Gasteiger partial charge < -0.3 is 4.74 Å². The second-order valence-corrected chi connectivity index (χ2v) is 4.61. The fraction of sp³-hybridized carbons (Fsp3) is 0.133. The number of carbonyl (C=O) groups excluding carboxylic acids is 1. The van der Waals surface area contributed by atoms with Crippen LogP contribution in [0.3, 0.4) is 0 Å². The number of hydrogen-bond acceptors (Lipinski definition) is 2. The molecule has 0 spiro atoms. The summed E-state index contributed by atoms with van der Waals surface area (Å²) < 4.78 is 31.6. The lowest BCUT2D eigenvalue weighted by Crippen LogP contribution is -2.14.